The van der Waals surface area contributed by atoms with Gasteiger partial charge in [0.05, 0.1) is 11.2 Å². The lowest BCUT2D eigenvalue weighted by molar-refractivity contribution is -0.123. The van der Waals surface area contributed by atoms with Gasteiger partial charge in [0, 0.05) is 37.0 Å². The van der Waals surface area contributed by atoms with Gasteiger partial charge in [-0.25, -0.2) is 14.8 Å². The first-order valence-corrected chi connectivity index (χ1v) is 11.9. The van der Waals surface area contributed by atoms with Crippen molar-refractivity contribution in [3.63, 3.8) is 0 Å². The van der Waals surface area contributed by atoms with Crippen molar-refractivity contribution in [3.8, 4) is 0 Å². The van der Waals surface area contributed by atoms with Crippen molar-refractivity contribution >= 4 is 30.5 Å². The minimum atomic E-state index is -0.708. The largest absolute Gasteiger partial charge is 0.498 e. The zero-order chi connectivity index (χ0) is 25.3. The Morgan fingerprint density at radius 1 is 1.18 bits per heavy atom. The van der Waals surface area contributed by atoms with Crippen LogP contribution >= 0.6 is 0 Å². The fraction of sp³-hybridized carbons (Fsp3) is 0.739. The van der Waals surface area contributed by atoms with Crippen LogP contribution in [0, 0.1) is 0 Å². The molecule has 2 atom stereocenters. The van der Waals surface area contributed by atoms with Gasteiger partial charge in [-0.2, -0.15) is 0 Å². The third-order valence-electron chi connectivity index (χ3n) is 6.36. The SMILES string of the molecule is C[C@H](NC(=O)OC(C)(C)C)C(=O)N[C@@H]1CCCN(c2ncc(B3OC(C)(C)C(C)(C)O3)cn2)C1. The summed E-state index contributed by atoms with van der Waals surface area (Å²) in [4.78, 5) is 35.7. The lowest BCUT2D eigenvalue weighted by Gasteiger charge is -2.33. The quantitative estimate of drug-likeness (QED) is 0.620. The van der Waals surface area contributed by atoms with E-state index < -0.39 is 36.1 Å². The Labute approximate surface area is 202 Å². The molecule has 2 fully saturated rings. The highest BCUT2D eigenvalue weighted by Crippen LogP contribution is 2.36. The molecule has 0 spiro atoms. The Morgan fingerprint density at radius 3 is 2.32 bits per heavy atom. The summed E-state index contributed by atoms with van der Waals surface area (Å²) in [6, 6.07) is -0.781. The minimum Gasteiger partial charge on any atom is -0.444 e. The van der Waals surface area contributed by atoms with Gasteiger partial charge < -0.3 is 29.6 Å². The number of piperidine rings is 1. The zero-order valence-electron chi connectivity index (χ0n) is 21.6. The topological polar surface area (TPSA) is 115 Å². The molecule has 0 saturated carbocycles. The predicted octanol–water partition coefficient (Wildman–Crippen LogP) is 1.77. The molecule has 10 nitrogen and oxygen atoms in total. The van der Waals surface area contributed by atoms with Gasteiger partial charge in [0.2, 0.25) is 11.9 Å². The number of carbonyl (C=O) groups excluding carboxylic acids is 2. The van der Waals surface area contributed by atoms with Crippen molar-refractivity contribution in [1.82, 2.24) is 20.6 Å². The fourth-order valence-corrected chi connectivity index (χ4v) is 3.75. The second-order valence-corrected chi connectivity index (χ2v) is 11.1. The highest BCUT2D eigenvalue weighted by atomic mass is 16.7. The molecule has 188 valence electrons. The monoisotopic (exact) mass is 475 g/mol. The van der Waals surface area contributed by atoms with Gasteiger partial charge >= 0.3 is 13.2 Å². The molecule has 3 rings (SSSR count). The lowest BCUT2D eigenvalue weighted by Crippen LogP contribution is -2.53. The lowest BCUT2D eigenvalue weighted by atomic mass is 9.81. The average molecular weight is 475 g/mol. The number of rotatable bonds is 5. The van der Waals surface area contributed by atoms with E-state index in [9.17, 15) is 9.59 Å². The molecular formula is C23H38BN5O5. The molecule has 0 bridgehead atoms. The third-order valence-corrected chi connectivity index (χ3v) is 6.36. The Kier molecular flexibility index (Phi) is 7.47. The summed E-state index contributed by atoms with van der Waals surface area (Å²) in [5.41, 5.74) is -0.706. The van der Waals surface area contributed by atoms with Crippen molar-refractivity contribution in [2.24, 2.45) is 0 Å². The maximum absolute atomic E-state index is 12.6. The predicted molar refractivity (Wildman–Crippen MR) is 130 cm³/mol. The first-order valence-electron chi connectivity index (χ1n) is 11.9. The smallest absolute Gasteiger partial charge is 0.444 e. The summed E-state index contributed by atoms with van der Waals surface area (Å²) in [6.45, 7) is 16.4. The summed E-state index contributed by atoms with van der Waals surface area (Å²) in [6.07, 6.45) is 4.59. The highest BCUT2D eigenvalue weighted by molar-refractivity contribution is 6.61. The van der Waals surface area contributed by atoms with Crippen LogP contribution in [-0.2, 0) is 18.8 Å². The molecule has 2 N–H and O–H groups in total. The molecule has 2 saturated heterocycles. The fourth-order valence-electron chi connectivity index (χ4n) is 3.75. The first-order chi connectivity index (χ1) is 15.7. The van der Waals surface area contributed by atoms with Crippen LogP contribution in [-0.4, -0.2) is 71.1 Å². The number of nitrogens with one attached hydrogen (secondary N) is 2. The van der Waals surface area contributed by atoms with Gasteiger partial charge in [0.15, 0.2) is 0 Å². The molecule has 34 heavy (non-hydrogen) atoms. The Balaban J connectivity index is 1.54. The van der Waals surface area contributed by atoms with Crippen LogP contribution in [0.3, 0.4) is 0 Å². The van der Waals surface area contributed by atoms with Crippen molar-refractivity contribution < 1.29 is 23.6 Å². The van der Waals surface area contributed by atoms with E-state index in [1.54, 1.807) is 40.1 Å². The van der Waals surface area contributed by atoms with Crippen LogP contribution in [0.1, 0.15) is 68.2 Å². The molecular weight excluding hydrogens is 437 g/mol. The minimum absolute atomic E-state index is 0.0736. The van der Waals surface area contributed by atoms with Crippen LogP contribution in [0.5, 0.6) is 0 Å². The van der Waals surface area contributed by atoms with Gasteiger partial charge in [-0.3, -0.25) is 4.79 Å². The van der Waals surface area contributed by atoms with E-state index in [4.69, 9.17) is 14.0 Å². The van der Waals surface area contributed by atoms with Crippen LogP contribution in [0.4, 0.5) is 10.7 Å². The van der Waals surface area contributed by atoms with E-state index in [1.807, 2.05) is 27.7 Å². The average Bonchev–Trinajstić information content (AvgIpc) is 2.94. The van der Waals surface area contributed by atoms with E-state index >= 15 is 0 Å². The second-order valence-electron chi connectivity index (χ2n) is 11.1. The van der Waals surface area contributed by atoms with Crippen LogP contribution in [0.25, 0.3) is 0 Å². The van der Waals surface area contributed by atoms with Crippen molar-refractivity contribution in [2.75, 3.05) is 18.0 Å². The van der Waals surface area contributed by atoms with E-state index in [-0.39, 0.29) is 11.9 Å². The molecule has 1 aromatic rings. The maximum Gasteiger partial charge on any atom is 0.498 e. The zero-order valence-corrected chi connectivity index (χ0v) is 21.6. The first kappa shape index (κ1) is 26.2. The molecule has 0 radical (unpaired) electrons. The Hall–Kier alpha value is -2.40. The molecule has 0 aliphatic carbocycles. The molecule has 2 amide bonds. The summed E-state index contributed by atoms with van der Waals surface area (Å²) in [5.74, 6) is 0.342. The number of carbonyl (C=O) groups is 2. The van der Waals surface area contributed by atoms with Gasteiger partial charge in [0.25, 0.3) is 0 Å². The van der Waals surface area contributed by atoms with Gasteiger partial charge in [-0.15, -0.1) is 0 Å². The molecule has 2 aliphatic heterocycles. The van der Waals surface area contributed by atoms with Gasteiger partial charge in [-0.1, -0.05) is 0 Å². The second kappa shape index (κ2) is 9.69. The molecule has 11 heteroatoms. The number of alkyl carbamates (subject to hydrolysis) is 1. The summed E-state index contributed by atoms with van der Waals surface area (Å²) in [7, 11) is -0.508. The molecule has 3 heterocycles. The number of hydrogen-bond acceptors (Lipinski definition) is 8. The maximum atomic E-state index is 12.6. The molecule has 0 aromatic carbocycles. The van der Waals surface area contributed by atoms with Crippen molar-refractivity contribution in [3.05, 3.63) is 12.4 Å². The van der Waals surface area contributed by atoms with E-state index in [1.165, 1.54) is 0 Å². The number of nitrogens with zero attached hydrogens (tertiary/aromatic N) is 3. The number of ether oxygens (including phenoxy) is 1. The van der Waals surface area contributed by atoms with Crippen molar-refractivity contribution in [1.29, 1.82) is 0 Å². The summed E-state index contributed by atoms with van der Waals surface area (Å²) >= 11 is 0. The number of anilines is 1. The van der Waals surface area contributed by atoms with Gasteiger partial charge in [0.1, 0.15) is 11.6 Å². The summed E-state index contributed by atoms with van der Waals surface area (Å²) in [5, 5.41) is 5.59. The third kappa shape index (κ3) is 6.38. The number of amides is 2. The standard InChI is InChI=1S/C23H38BN5O5/c1-15(27-20(31)32-21(2,3)4)18(30)28-17-10-9-11-29(14-17)19-25-12-16(13-26-19)24-33-22(5,6)23(7,8)34-24/h12-13,15,17H,9-11,14H2,1-8H3,(H,27,31)(H,28,30)/t15-,17+/m0/s1. The summed E-state index contributed by atoms with van der Waals surface area (Å²) < 4.78 is 17.4. The normalized spacial score (nSPS) is 22.8. The van der Waals surface area contributed by atoms with E-state index in [2.05, 4.69) is 25.5 Å². The molecule has 0 unspecified atom stereocenters. The van der Waals surface area contributed by atoms with Gasteiger partial charge in [-0.05, 0) is 68.2 Å². The van der Waals surface area contributed by atoms with E-state index in [0.717, 1.165) is 24.8 Å². The van der Waals surface area contributed by atoms with Crippen LogP contribution in [0.2, 0.25) is 0 Å². The number of aromatic nitrogens is 2. The molecule has 1 aromatic heterocycles. The van der Waals surface area contributed by atoms with E-state index in [0.29, 0.717) is 12.5 Å². The Bertz CT molecular complexity index is 871. The Morgan fingerprint density at radius 2 is 1.76 bits per heavy atom. The van der Waals surface area contributed by atoms with Crippen molar-refractivity contribution in [2.45, 2.75) is 97.1 Å². The molecule has 2 aliphatic rings. The van der Waals surface area contributed by atoms with Crippen LogP contribution < -0.4 is 21.0 Å². The number of hydrogen-bond donors (Lipinski definition) is 2. The highest BCUT2D eigenvalue weighted by Gasteiger charge is 2.52. The van der Waals surface area contributed by atoms with Crippen LogP contribution in [0.15, 0.2) is 12.4 Å².